The van der Waals surface area contributed by atoms with Crippen LogP contribution in [0.25, 0.3) is 0 Å². The Kier molecular flexibility index (Phi) is 3.51. The molecule has 1 N–H and O–H groups in total. The maximum atomic E-state index is 11.3. The molecule has 2 rings (SSSR count). The van der Waals surface area contributed by atoms with Crippen LogP contribution in [0.3, 0.4) is 0 Å². The molecule has 0 radical (unpaired) electrons. The van der Waals surface area contributed by atoms with Crippen molar-refractivity contribution >= 4 is 9.84 Å². The number of hydrogen-bond acceptors (Lipinski definition) is 4. The first-order valence-corrected chi connectivity index (χ1v) is 7.51. The van der Waals surface area contributed by atoms with E-state index < -0.39 is 9.84 Å². The molecule has 0 aliphatic carbocycles. The first kappa shape index (κ1) is 12.5. The van der Waals surface area contributed by atoms with E-state index in [0.29, 0.717) is 17.5 Å². The van der Waals surface area contributed by atoms with Crippen LogP contribution >= 0.6 is 0 Å². The molecule has 17 heavy (non-hydrogen) atoms. The average molecular weight is 255 g/mol. The molecule has 4 nitrogen and oxygen atoms in total. The van der Waals surface area contributed by atoms with Crippen molar-refractivity contribution < 1.29 is 13.2 Å². The molecule has 1 aromatic carbocycles. The maximum Gasteiger partial charge on any atom is 0.175 e. The fourth-order valence-corrected chi connectivity index (χ4v) is 2.46. The van der Waals surface area contributed by atoms with E-state index in [1.165, 1.54) is 6.26 Å². The molecule has 94 valence electrons. The Morgan fingerprint density at radius 2 is 1.94 bits per heavy atom. The van der Waals surface area contributed by atoms with Gasteiger partial charge in [0.1, 0.15) is 0 Å². The van der Waals surface area contributed by atoms with Crippen molar-refractivity contribution in [2.45, 2.75) is 24.0 Å². The minimum Gasteiger partial charge on any atom is -0.371 e. The summed E-state index contributed by atoms with van der Waals surface area (Å²) in [5.74, 6) is 0. The van der Waals surface area contributed by atoms with Crippen LogP contribution in [0.1, 0.15) is 18.6 Å². The fraction of sp³-hybridized carbons (Fsp3) is 0.500. The van der Waals surface area contributed by atoms with E-state index in [0.717, 1.165) is 12.1 Å². The van der Waals surface area contributed by atoms with Gasteiger partial charge in [-0.05, 0) is 24.6 Å². The predicted octanol–water partition coefficient (Wildman–Crippen LogP) is 1.14. The molecular weight excluding hydrogens is 238 g/mol. The topological polar surface area (TPSA) is 55.4 Å². The third-order valence-corrected chi connectivity index (χ3v) is 4.01. The van der Waals surface area contributed by atoms with Gasteiger partial charge < -0.3 is 10.1 Å². The normalized spacial score (nSPS) is 25.8. The van der Waals surface area contributed by atoms with Gasteiger partial charge in [-0.1, -0.05) is 12.1 Å². The van der Waals surface area contributed by atoms with Crippen LogP contribution in [0.15, 0.2) is 29.2 Å². The SMILES string of the molecule is CC1COC(c2ccc(S(C)(=O)=O)cc2)CN1. The molecule has 2 atom stereocenters. The average Bonchev–Trinajstić information content (AvgIpc) is 2.29. The van der Waals surface area contributed by atoms with Gasteiger partial charge in [-0.25, -0.2) is 8.42 Å². The molecule has 1 aromatic rings. The molecule has 0 bridgehead atoms. The fourth-order valence-electron chi connectivity index (χ4n) is 1.83. The molecule has 1 heterocycles. The number of benzene rings is 1. The second-order valence-corrected chi connectivity index (χ2v) is 6.49. The Hall–Kier alpha value is -0.910. The van der Waals surface area contributed by atoms with E-state index in [1.807, 2.05) is 12.1 Å². The quantitative estimate of drug-likeness (QED) is 0.861. The number of ether oxygens (including phenoxy) is 1. The highest BCUT2D eigenvalue weighted by atomic mass is 32.2. The monoisotopic (exact) mass is 255 g/mol. The van der Waals surface area contributed by atoms with Gasteiger partial charge in [-0.3, -0.25) is 0 Å². The lowest BCUT2D eigenvalue weighted by Crippen LogP contribution is -2.40. The zero-order chi connectivity index (χ0) is 12.5. The molecule has 5 heteroatoms. The van der Waals surface area contributed by atoms with Gasteiger partial charge in [0, 0.05) is 18.8 Å². The number of sulfone groups is 1. The summed E-state index contributed by atoms with van der Waals surface area (Å²) in [6.07, 6.45) is 1.22. The summed E-state index contributed by atoms with van der Waals surface area (Å²) in [6, 6.07) is 7.27. The lowest BCUT2D eigenvalue weighted by atomic mass is 10.1. The largest absolute Gasteiger partial charge is 0.371 e. The van der Waals surface area contributed by atoms with E-state index in [1.54, 1.807) is 12.1 Å². The molecule has 1 saturated heterocycles. The van der Waals surface area contributed by atoms with Crippen molar-refractivity contribution in [2.75, 3.05) is 19.4 Å². The lowest BCUT2D eigenvalue weighted by molar-refractivity contribution is 0.00692. The second-order valence-electron chi connectivity index (χ2n) is 4.47. The van der Waals surface area contributed by atoms with Crippen molar-refractivity contribution in [3.63, 3.8) is 0 Å². The van der Waals surface area contributed by atoms with Gasteiger partial charge in [0.15, 0.2) is 9.84 Å². The summed E-state index contributed by atoms with van der Waals surface area (Å²) < 4.78 is 28.3. The highest BCUT2D eigenvalue weighted by molar-refractivity contribution is 7.90. The Morgan fingerprint density at radius 1 is 1.29 bits per heavy atom. The highest BCUT2D eigenvalue weighted by Crippen LogP contribution is 2.21. The predicted molar refractivity (Wildman–Crippen MR) is 65.7 cm³/mol. The standard InChI is InChI=1S/C12H17NO3S/c1-9-8-16-12(7-13-9)10-3-5-11(6-4-10)17(2,14)15/h3-6,9,12-13H,7-8H2,1-2H3. The van der Waals surface area contributed by atoms with Crippen molar-refractivity contribution in [3.05, 3.63) is 29.8 Å². The van der Waals surface area contributed by atoms with E-state index in [-0.39, 0.29) is 6.10 Å². The van der Waals surface area contributed by atoms with Gasteiger partial charge in [0.2, 0.25) is 0 Å². The zero-order valence-corrected chi connectivity index (χ0v) is 10.8. The Labute approximate surface area is 102 Å². The first-order chi connectivity index (χ1) is 7.97. The molecule has 1 fully saturated rings. The molecule has 1 aliphatic heterocycles. The smallest absolute Gasteiger partial charge is 0.175 e. The third-order valence-electron chi connectivity index (χ3n) is 2.88. The Morgan fingerprint density at radius 3 is 2.41 bits per heavy atom. The Balaban J connectivity index is 2.13. The van der Waals surface area contributed by atoms with Crippen molar-refractivity contribution in [3.8, 4) is 0 Å². The van der Waals surface area contributed by atoms with Crippen molar-refractivity contribution in [1.82, 2.24) is 5.32 Å². The van der Waals surface area contributed by atoms with Crippen LogP contribution < -0.4 is 5.32 Å². The highest BCUT2D eigenvalue weighted by Gasteiger charge is 2.19. The molecule has 2 unspecified atom stereocenters. The van der Waals surface area contributed by atoms with E-state index >= 15 is 0 Å². The van der Waals surface area contributed by atoms with Gasteiger partial charge >= 0.3 is 0 Å². The zero-order valence-electron chi connectivity index (χ0n) is 10.0. The van der Waals surface area contributed by atoms with E-state index in [4.69, 9.17) is 4.74 Å². The van der Waals surface area contributed by atoms with Gasteiger partial charge in [0.25, 0.3) is 0 Å². The minimum absolute atomic E-state index is 0.0137. The summed E-state index contributed by atoms with van der Waals surface area (Å²) in [5, 5.41) is 3.33. The second kappa shape index (κ2) is 4.76. The van der Waals surface area contributed by atoms with Crippen LogP contribution in [0.4, 0.5) is 0 Å². The van der Waals surface area contributed by atoms with E-state index in [9.17, 15) is 8.42 Å². The molecule has 0 saturated carbocycles. The lowest BCUT2D eigenvalue weighted by Gasteiger charge is -2.28. The van der Waals surface area contributed by atoms with Crippen LogP contribution in [0.5, 0.6) is 0 Å². The van der Waals surface area contributed by atoms with Gasteiger partial charge in [0.05, 0.1) is 17.6 Å². The molecule has 0 spiro atoms. The number of rotatable bonds is 2. The van der Waals surface area contributed by atoms with Gasteiger partial charge in [-0.15, -0.1) is 0 Å². The summed E-state index contributed by atoms with van der Waals surface area (Å²) in [4.78, 5) is 0.346. The molecule has 0 aromatic heterocycles. The summed E-state index contributed by atoms with van der Waals surface area (Å²) in [6.45, 7) is 3.51. The molecular formula is C12H17NO3S. The van der Waals surface area contributed by atoms with Crippen molar-refractivity contribution in [2.24, 2.45) is 0 Å². The Bertz CT molecular complexity index is 473. The summed E-state index contributed by atoms with van der Waals surface area (Å²) >= 11 is 0. The van der Waals surface area contributed by atoms with Crippen molar-refractivity contribution in [1.29, 1.82) is 0 Å². The van der Waals surface area contributed by atoms with E-state index in [2.05, 4.69) is 12.2 Å². The molecule has 1 aliphatic rings. The maximum absolute atomic E-state index is 11.3. The summed E-state index contributed by atoms with van der Waals surface area (Å²) in [5.41, 5.74) is 1.01. The number of hydrogen-bond donors (Lipinski definition) is 1. The minimum atomic E-state index is -3.12. The number of morpholine rings is 1. The third kappa shape index (κ3) is 3.06. The van der Waals surface area contributed by atoms with Crippen LogP contribution in [0, 0.1) is 0 Å². The number of nitrogens with one attached hydrogen (secondary N) is 1. The van der Waals surface area contributed by atoms with Crippen LogP contribution in [0.2, 0.25) is 0 Å². The van der Waals surface area contributed by atoms with Crippen LogP contribution in [-0.4, -0.2) is 33.9 Å². The van der Waals surface area contributed by atoms with Crippen LogP contribution in [-0.2, 0) is 14.6 Å². The first-order valence-electron chi connectivity index (χ1n) is 5.62. The van der Waals surface area contributed by atoms with Gasteiger partial charge in [-0.2, -0.15) is 0 Å². The molecule has 0 amide bonds. The summed E-state index contributed by atoms with van der Waals surface area (Å²) in [7, 11) is -3.12.